The zero-order chi connectivity index (χ0) is 13.6. The fourth-order valence-corrected chi connectivity index (χ4v) is 4.82. The van der Waals surface area contributed by atoms with Crippen LogP contribution in [0.25, 0.3) is 0 Å². The standard InChI is InChI=1S/C12H27NO4Si/c1-6-13(7-2)12-10-16-9-8-11(3)18(14-4,15-5)17-12/h11-12H,6-10H2,1-5H3. The van der Waals surface area contributed by atoms with E-state index in [2.05, 4.69) is 25.7 Å². The summed E-state index contributed by atoms with van der Waals surface area (Å²) in [4.78, 5) is 2.23. The van der Waals surface area contributed by atoms with Gasteiger partial charge >= 0.3 is 8.80 Å². The lowest BCUT2D eigenvalue weighted by atomic mass is 10.3. The summed E-state index contributed by atoms with van der Waals surface area (Å²) >= 11 is 0. The van der Waals surface area contributed by atoms with Crippen molar-refractivity contribution in [3.05, 3.63) is 0 Å². The summed E-state index contributed by atoms with van der Waals surface area (Å²) in [6.07, 6.45) is 0.841. The van der Waals surface area contributed by atoms with Crippen molar-refractivity contribution in [3.63, 3.8) is 0 Å². The Morgan fingerprint density at radius 2 is 1.83 bits per heavy atom. The van der Waals surface area contributed by atoms with Crippen molar-refractivity contribution in [3.8, 4) is 0 Å². The molecule has 1 fully saturated rings. The first-order valence-corrected chi connectivity index (χ1v) is 8.53. The van der Waals surface area contributed by atoms with Crippen LogP contribution in [0.3, 0.4) is 0 Å². The molecule has 0 amide bonds. The monoisotopic (exact) mass is 277 g/mol. The molecule has 6 heteroatoms. The van der Waals surface area contributed by atoms with Crippen molar-refractivity contribution < 1.29 is 18.0 Å². The van der Waals surface area contributed by atoms with Crippen molar-refractivity contribution in [1.29, 1.82) is 0 Å². The van der Waals surface area contributed by atoms with Crippen LogP contribution < -0.4 is 0 Å². The Balaban J connectivity index is 2.86. The summed E-state index contributed by atoms with van der Waals surface area (Å²) in [6, 6.07) is 0. The van der Waals surface area contributed by atoms with E-state index in [0.29, 0.717) is 6.61 Å². The molecule has 1 heterocycles. The van der Waals surface area contributed by atoms with Crippen molar-refractivity contribution in [2.45, 2.75) is 39.0 Å². The molecule has 0 aromatic carbocycles. The SMILES string of the molecule is CCN(CC)C1COCCC(C)[Si](OC)(OC)O1. The van der Waals surface area contributed by atoms with Gasteiger partial charge in [0.05, 0.1) is 6.61 Å². The molecule has 2 atom stereocenters. The lowest BCUT2D eigenvalue weighted by Gasteiger charge is -2.40. The third-order valence-corrected chi connectivity index (χ3v) is 6.88. The van der Waals surface area contributed by atoms with Gasteiger partial charge in [0.25, 0.3) is 0 Å². The fourth-order valence-electron chi connectivity index (χ4n) is 2.35. The number of likely N-dealkylation sites (N-methyl/N-ethyl adjacent to an activating group) is 1. The van der Waals surface area contributed by atoms with Crippen LogP contribution >= 0.6 is 0 Å². The Kier molecular flexibility index (Phi) is 6.76. The molecular weight excluding hydrogens is 250 g/mol. The molecule has 0 aliphatic carbocycles. The zero-order valence-electron chi connectivity index (χ0n) is 12.3. The van der Waals surface area contributed by atoms with Crippen LogP contribution in [-0.4, -0.2) is 60.5 Å². The highest BCUT2D eigenvalue weighted by Gasteiger charge is 2.48. The number of nitrogens with zero attached hydrogens (tertiary/aromatic N) is 1. The third-order valence-electron chi connectivity index (χ3n) is 3.65. The van der Waals surface area contributed by atoms with Crippen LogP contribution in [0, 0.1) is 0 Å². The minimum absolute atomic E-state index is 0.0747. The lowest BCUT2D eigenvalue weighted by molar-refractivity contribution is -0.0891. The molecule has 2 unspecified atom stereocenters. The van der Waals surface area contributed by atoms with Gasteiger partial charge in [0.1, 0.15) is 6.23 Å². The van der Waals surface area contributed by atoms with Gasteiger partial charge in [-0.25, -0.2) is 0 Å². The first kappa shape index (κ1) is 16.1. The van der Waals surface area contributed by atoms with Crippen LogP contribution in [0.1, 0.15) is 27.2 Å². The Labute approximate surface area is 112 Å². The van der Waals surface area contributed by atoms with Crippen molar-refractivity contribution in [1.82, 2.24) is 4.90 Å². The molecule has 1 saturated heterocycles. The minimum atomic E-state index is -2.60. The number of ether oxygens (including phenoxy) is 1. The molecule has 1 aliphatic heterocycles. The van der Waals surface area contributed by atoms with E-state index in [1.165, 1.54) is 0 Å². The molecule has 0 bridgehead atoms. The predicted octanol–water partition coefficient (Wildman–Crippen LogP) is 1.71. The highest BCUT2D eigenvalue weighted by molar-refractivity contribution is 6.62. The van der Waals surface area contributed by atoms with Gasteiger partial charge in [0.15, 0.2) is 0 Å². The molecule has 5 nitrogen and oxygen atoms in total. The maximum atomic E-state index is 6.23. The van der Waals surface area contributed by atoms with Crippen LogP contribution in [0.4, 0.5) is 0 Å². The molecule has 0 N–H and O–H groups in total. The van der Waals surface area contributed by atoms with Crippen LogP contribution in [0.15, 0.2) is 0 Å². The van der Waals surface area contributed by atoms with E-state index in [-0.39, 0.29) is 11.8 Å². The number of hydrogen-bond acceptors (Lipinski definition) is 5. The molecule has 0 aromatic heterocycles. The molecule has 0 saturated carbocycles. The van der Waals surface area contributed by atoms with E-state index < -0.39 is 8.80 Å². The van der Waals surface area contributed by atoms with Gasteiger partial charge in [0.2, 0.25) is 0 Å². The molecule has 0 spiro atoms. The van der Waals surface area contributed by atoms with Gasteiger partial charge in [-0.3, -0.25) is 4.90 Å². The first-order valence-electron chi connectivity index (χ1n) is 6.73. The van der Waals surface area contributed by atoms with E-state index in [4.69, 9.17) is 18.0 Å². The van der Waals surface area contributed by atoms with E-state index in [9.17, 15) is 0 Å². The van der Waals surface area contributed by atoms with Crippen LogP contribution in [-0.2, 0) is 18.0 Å². The average molecular weight is 277 g/mol. The highest BCUT2D eigenvalue weighted by Crippen LogP contribution is 2.31. The van der Waals surface area contributed by atoms with E-state index in [1.54, 1.807) is 14.2 Å². The Hall–Kier alpha value is 0.0169. The van der Waals surface area contributed by atoms with Gasteiger partial charge in [-0.05, 0) is 19.5 Å². The third kappa shape index (κ3) is 3.52. The van der Waals surface area contributed by atoms with Gasteiger partial charge in [0, 0.05) is 26.4 Å². The van der Waals surface area contributed by atoms with Gasteiger partial charge in [-0.15, -0.1) is 0 Å². The summed E-state index contributed by atoms with van der Waals surface area (Å²) < 4.78 is 23.2. The second kappa shape index (κ2) is 7.57. The molecule has 0 aromatic rings. The molecule has 0 radical (unpaired) electrons. The topological polar surface area (TPSA) is 40.2 Å². The van der Waals surface area contributed by atoms with Crippen molar-refractivity contribution in [2.24, 2.45) is 0 Å². The lowest BCUT2D eigenvalue weighted by Crippen LogP contribution is -2.56. The number of rotatable bonds is 5. The smallest absolute Gasteiger partial charge is 0.377 e. The second-order valence-electron chi connectivity index (χ2n) is 4.57. The minimum Gasteiger partial charge on any atom is -0.377 e. The Morgan fingerprint density at radius 1 is 1.22 bits per heavy atom. The maximum absolute atomic E-state index is 6.23. The van der Waals surface area contributed by atoms with E-state index >= 15 is 0 Å². The zero-order valence-corrected chi connectivity index (χ0v) is 13.3. The molecular formula is C12H27NO4Si. The van der Waals surface area contributed by atoms with E-state index in [0.717, 1.165) is 26.1 Å². The van der Waals surface area contributed by atoms with Gasteiger partial charge < -0.3 is 18.0 Å². The molecule has 108 valence electrons. The van der Waals surface area contributed by atoms with E-state index in [1.807, 2.05) is 0 Å². The normalized spacial score (nSPS) is 29.0. The fraction of sp³-hybridized carbons (Fsp3) is 1.00. The number of hydrogen-bond donors (Lipinski definition) is 0. The highest BCUT2D eigenvalue weighted by atomic mass is 28.4. The first-order chi connectivity index (χ1) is 8.63. The summed E-state index contributed by atoms with van der Waals surface area (Å²) in [5, 5.41) is 0. The van der Waals surface area contributed by atoms with Crippen molar-refractivity contribution >= 4 is 8.80 Å². The molecule has 1 rings (SSSR count). The Bertz CT molecular complexity index is 234. The van der Waals surface area contributed by atoms with Gasteiger partial charge in [-0.1, -0.05) is 20.8 Å². The molecule has 1 aliphatic rings. The van der Waals surface area contributed by atoms with Crippen LogP contribution in [0.5, 0.6) is 0 Å². The summed E-state index contributed by atoms with van der Waals surface area (Å²) in [5.41, 5.74) is 0.255. The summed E-state index contributed by atoms with van der Waals surface area (Å²) in [7, 11) is 0.780. The largest absolute Gasteiger partial charge is 0.504 e. The predicted molar refractivity (Wildman–Crippen MR) is 72.4 cm³/mol. The Morgan fingerprint density at radius 3 is 2.33 bits per heavy atom. The maximum Gasteiger partial charge on any atom is 0.504 e. The average Bonchev–Trinajstić information content (AvgIpc) is 2.39. The van der Waals surface area contributed by atoms with Crippen LogP contribution in [0.2, 0.25) is 5.54 Å². The second-order valence-corrected chi connectivity index (χ2v) is 7.82. The van der Waals surface area contributed by atoms with Gasteiger partial charge in [-0.2, -0.15) is 0 Å². The summed E-state index contributed by atoms with van der Waals surface area (Å²) in [6.45, 7) is 9.54. The van der Waals surface area contributed by atoms with Crippen molar-refractivity contribution in [2.75, 3.05) is 40.5 Å². The summed E-state index contributed by atoms with van der Waals surface area (Å²) in [5.74, 6) is 0. The quantitative estimate of drug-likeness (QED) is 0.716. The molecule has 18 heavy (non-hydrogen) atoms.